The summed E-state index contributed by atoms with van der Waals surface area (Å²) in [4.78, 5) is 7.71. The summed E-state index contributed by atoms with van der Waals surface area (Å²) in [6.45, 7) is 10.9. The van der Waals surface area contributed by atoms with E-state index in [-0.39, 0.29) is 0 Å². The van der Waals surface area contributed by atoms with Gasteiger partial charge < -0.3 is 14.7 Å². The molecule has 0 spiro atoms. The van der Waals surface area contributed by atoms with Gasteiger partial charge in [0, 0.05) is 51.5 Å². The van der Waals surface area contributed by atoms with E-state index in [1.165, 1.54) is 69.9 Å². The Balaban J connectivity index is 1.56. The molecule has 3 heteroatoms. The van der Waals surface area contributed by atoms with Gasteiger partial charge in [-0.3, -0.25) is 0 Å². The summed E-state index contributed by atoms with van der Waals surface area (Å²) >= 11 is 0. The third kappa shape index (κ3) is 3.98. The fraction of sp³-hybridized carbons (Fsp3) is 0.667. The van der Waals surface area contributed by atoms with Crippen LogP contribution in [0.2, 0.25) is 0 Å². The van der Waals surface area contributed by atoms with E-state index in [1.807, 2.05) is 0 Å². The zero-order chi connectivity index (χ0) is 14.7. The molecule has 2 aliphatic heterocycles. The molecule has 1 aromatic carbocycles. The van der Waals surface area contributed by atoms with Crippen LogP contribution < -0.4 is 4.90 Å². The molecule has 0 aliphatic carbocycles. The molecule has 2 fully saturated rings. The zero-order valence-corrected chi connectivity index (χ0v) is 13.6. The van der Waals surface area contributed by atoms with Gasteiger partial charge in [-0.15, -0.1) is 0 Å². The predicted molar refractivity (Wildman–Crippen MR) is 90.1 cm³/mol. The number of hydrogen-bond donors (Lipinski definition) is 0. The molecule has 3 nitrogen and oxygen atoms in total. The van der Waals surface area contributed by atoms with Gasteiger partial charge in [0.15, 0.2) is 0 Å². The van der Waals surface area contributed by atoms with Crippen molar-refractivity contribution in [1.82, 2.24) is 9.80 Å². The fourth-order valence-electron chi connectivity index (χ4n) is 3.67. The Bertz CT molecular complexity index is 452. The number of likely N-dealkylation sites (N-methyl/N-ethyl adjacent to an activating group) is 1. The maximum atomic E-state index is 2.67. The van der Waals surface area contributed by atoms with Crippen LogP contribution in [0.1, 0.15) is 18.4 Å². The van der Waals surface area contributed by atoms with Gasteiger partial charge in [-0.2, -0.15) is 0 Å². The molecule has 0 radical (unpaired) electrons. The topological polar surface area (TPSA) is 9.72 Å². The van der Waals surface area contributed by atoms with E-state index in [1.54, 1.807) is 0 Å². The lowest BCUT2D eigenvalue weighted by atomic mass is 9.96. The SMILES string of the molecule is Cc1cccc(N2CCCC(CN3CCN(C)CC3)C2)c1. The highest BCUT2D eigenvalue weighted by atomic mass is 15.2. The lowest BCUT2D eigenvalue weighted by molar-refractivity contribution is 0.131. The van der Waals surface area contributed by atoms with Crippen LogP contribution in [0.5, 0.6) is 0 Å². The molecule has 1 unspecified atom stereocenters. The van der Waals surface area contributed by atoms with Crippen molar-refractivity contribution in [2.24, 2.45) is 5.92 Å². The minimum Gasteiger partial charge on any atom is -0.371 e. The monoisotopic (exact) mass is 287 g/mol. The molecule has 2 aliphatic rings. The molecule has 0 bridgehead atoms. The van der Waals surface area contributed by atoms with Gasteiger partial charge in [0.25, 0.3) is 0 Å². The number of hydrogen-bond acceptors (Lipinski definition) is 3. The van der Waals surface area contributed by atoms with Gasteiger partial charge in [0.1, 0.15) is 0 Å². The summed E-state index contributed by atoms with van der Waals surface area (Å²) in [6.07, 6.45) is 2.74. The first-order chi connectivity index (χ1) is 10.2. The van der Waals surface area contributed by atoms with Crippen molar-refractivity contribution < 1.29 is 0 Å². The average Bonchev–Trinajstić information content (AvgIpc) is 2.50. The first kappa shape index (κ1) is 14.9. The van der Waals surface area contributed by atoms with Gasteiger partial charge in [-0.25, -0.2) is 0 Å². The van der Waals surface area contributed by atoms with Gasteiger partial charge in [-0.1, -0.05) is 12.1 Å². The Kier molecular flexibility index (Phi) is 4.81. The molecule has 0 amide bonds. The summed E-state index contributed by atoms with van der Waals surface area (Å²) in [5, 5.41) is 0. The Morgan fingerprint density at radius 1 is 1.10 bits per heavy atom. The molecule has 1 aromatic rings. The molecular formula is C18H29N3. The number of piperidine rings is 1. The first-order valence-electron chi connectivity index (χ1n) is 8.43. The van der Waals surface area contributed by atoms with Crippen LogP contribution in [0.15, 0.2) is 24.3 Å². The van der Waals surface area contributed by atoms with Crippen LogP contribution >= 0.6 is 0 Å². The Labute approximate surface area is 129 Å². The lowest BCUT2D eigenvalue weighted by Crippen LogP contribution is -2.48. The number of nitrogens with zero attached hydrogens (tertiary/aromatic N) is 3. The molecular weight excluding hydrogens is 258 g/mol. The van der Waals surface area contributed by atoms with E-state index in [0.29, 0.717) is 0 Å². The third-order valence-electron chi connectivity index (χ3n) is 5.00. The van der Waals surface area contributed by atoms with Crippen LogP contribution in [0.25, 0.3) is 0 Å². The maximum Gasteiger partial charge on any atom is 0.0368 e. The van der Waals surface area contributed by atoms with Crippen molar-refractivity contribution in [1.29, 1.82) is 0 Å². The number of aryl methyl sites for hydroxylation is 1. The number of benzene rings is 1. The van der Waals surface area contributed by atoms with Gasteiger partial charge in [0.05, 0.1) is 0 Å². The van der Waals surface area contributed by atoms with E-state index < -0.39 is 0 Å². The summed E-state index contributed by atoms with van der Waals surface area (Å²) in [5.41, 5.74) is 2.78. The largest absolute Gasteiger partial charge is 0.371 e. The van der Waals surface area contributed by atoms with Crippen LogP contribution in [0.4, 0.5) is 5.69 Å². The van der Waals surface area contributed by atoms with E-state index in [0.717, 1.165) is 5.92 Å². The minimum absolute atomic E-state index is 0.836. The summed E-state index contributed by atoms with van der Waals surface area (Å²) in [5.74, 6) is 0.836. The minimum atomic E-state index is 0.836. The summed E-state index contributed by atoms with van der Waals surface area (Å²) in [7, 11) is 2.23. The number of piperazine rings is 1. The van der Waals surface area contributed by atoms with Crippen LogP contribution in [0.3, 0.4) is 0 Å². The van der Waals surface area contributed by atoms with Gasteiger partial charge in [-0.05, 0) is 50.4 Å². The van der Waals surface area contributed by atoms with Crippen molar-refractivity contribution in [2.75, 3.05) is 57.8 Å². The molecule has 2 saturated heterocycles. The third-order valence-corrected chi connectivity index (χ3v) is 5.00. The normalized spacial score (nSPS) is 25.2. The smallest absolute Gasteiger partial charge is 0.0368 e. The zero-order valence-electron chi connectivity index (χ0n) is 13.6. The van der Waals surface area contributed by atoms with Gasteiger partial charge >= 0.3 is 0 Å². The molecule has 0 saturated carbocycles. The van der Waals surface area contributed by atoms with Crippen molar-refractivity contribution in [3.05, 3.63) is 29.8 Å². The number of anilines is 1. The molecule has 1 atom stereocenters. The summed E-state index contributed by atoms with van der Waals surface area (Å²) < 4.78 is 0. The van der Waals surface area contributed by atoms with Crippen LogP contribution in [-0.2, 0) is 0 Å². The van der Waals surface area contributed by atoms with E-state index in [9.17, 15) is 0 Å². The highest BCUT2D eigenvalue weighted by Crippen LogP contribution is 2.24. The van der Waals surface area contributed by atoms with Crippen molar-refractivity contribution in [2.45, 2.75) is 19.8 Å². The molecule has 0 N–H and O–H groups in total. The quantitative estimate of drug-likeness (QED) is 0.845. The molecule has 2 heterocycles. The molecule has 21 heavy (non-hydrogen) atoms. The first-order valence-corrected chi connectivity index (χ1v) is 8.43. The van der Waals surface area contributed by atoms with E-state index in [4.69, 9.17) is 0 Å². The Morgan fingerprint density at radius 3 is 2.67 bits per heavy atom. The predicted octanol–water partition coefficient (Wildman–Crippen LogP) is 2.46. The second kappa shape index (κ2) is 6.80. The van der Waals surface area contributed by atoms with Crippen molar-refractivity contribution in [3.8, 4) is 0 Å². The second-order valence-electron chi connectivity index (χ2n) is 6.90. The fourth-order valence-corrected chi connectivity index (χ4v) is 3.67. The van der Waals surface area contributed by atoms with Crippen molar-refractivity contribution >= 4 is 5.69 Å². The van der Waals surface area contributed by atoms with E-state index >= 15 is 0 Å². The molecule has 3 rings (SSSR count). The average molecular weight is 287 g/mol. The van der Waals surface area contributed by atoms with Crippen LogP contribution in [-0.4, -0.2) is 62.7 Å². The van der Waals surface area contributed by atoms with Gasteiger partial charge in [0.2, 0.25) is 0 Å². The van der Waals surface area contributed by atoms with Crippen molar-refractivity contribution in [3.63, 3.8) is 0 Å². The molecule has 116 valence electrons. The Hall–Kier alpha value is -1.06. The number of rotatable bonds is 3. The second-order valence-corrected chi connectivity index (χ2v) is 6.90. The Morgan fingerprint density at radius 2 is 1.90 bits per heavy atom. The highest BCUT2D eigenvalue weighted by Gasteiger charge is 2.23. The maximum absolute atomic E-state index is 2.67. The standard InChI is InChI=1S/C18H29N3/c1-16-5-3-7-18(13-16)21-8-4-6-17(15-21)14-20-11-9-19(2)10-12-20/h3,5,7,13,17H,4,6,8-12,14-15H2,1-2H3. The van der Waals surface area contributed by atoms with Crippen LogP contribution in [0, 0.1) is 12.8 Å². The highest BCUT2D eigenvalue weighted by molar-refractivity contribution is 5.48. The summed E-state index contributed by atoms with van der Waals surface area (Å²) in [6, 6.07) is 8.98. The lowest BCUT2D eigenvalue weighted by Gasteiger charge is -2.39. The van der Waals surface area contributed by atoms with E-state index in [2.05, 4.69) is 52.9 Å². The molecule has 0 aromatic heterocycles.